The van der Waals surface area contributed by atoms with Gasteiger partial charge >= 0.3 is 0 Å². The van der Waals surface area contributed by atoms with Crippen LogP contribution in [0.4, 0.5) is 0 Å². The summed E-state index contributed by atoms with van der Waals surface area (Å²) >= 11 is 0. The molecular weight excluding hydrogens is 272 g/mol. The van der Waals surface area contributed by atoms with Crippen molar-refractivity contribution in [2.24, 2.45) is 5.41 Å². The first-order chi connectivity index (χ1) is 10.6. The minimum absolute atomic E-state index is 0.167. The third-order valence-corrected chi connectivity index (χ3v) is 4.36. The van der Waals surface area contributed by atoms with E-state index in [0.717, 1.165) is 38.8 Å². The van der Waals surface area contributed by atoms with Crippen LogP contribution >= 0.6 is 0 Å². The van der Waals surface area contributed by atoms with Crippen molar-refractivity contribution in [1.82, 2.24) is 10.6 Å². The lowest BCUT2D eigenvalue weighted by molar-refractivity contribution is -0.129. The molecule has 0 radical (unpaired) electrons. The highest BCUT2D eigenvalue weighted by atomic mass is 16.2. The summed E-state index contributed by atoms with van der Waals surface area (Å²) in [5.74, 6) is 0.167. The van der Waals surface area contributed by atoms with Gasteiger partial charge in [0.2, 0.25) is 5.91 Å². The van der Waals surface area contributed by atoms with Gasteiger partial charge in [-0.3, -0.25) is 4.79 Å². The Hall–Kier alpha value is -1.61. The van der Waals surface area contributed by atoms with Crippen molar-refractivity contribution in [3.8, 4) is 0 Å². The molecule has 1 heterocycles. The summed E-state index contributed by atoms with van der Waals surface area (Å²) in [6.07, 6.45) is 6.21. The molecule has 120 valence electrons. The number of carbonyl (C=O) groups excluding carboxylic acids is 1. The number of benzene rings is 1. The van der Waals surface area contributed by atoms with Crippen molar-refractivity contribution in [2.75, 3.05) is 19.6 Å². The van der Waals surface area contributed by atoms with E-state index in [-0.39, 0.29) is 11.3 Å². The van der Waals surface area contributed by atoms with Crippen LogP contribution in [0.15, 0.2) is 42.0 Å². The van der Waals surface area contributed by atoms with E-state index in [1.807, 2.05) is 19.9 Å². The molecule has 22 heavy (non-hydrogen) atoms. The smallest absolute Gasteiger partial charge is 0.225 e. The SMILES string of the molecule is CC(C)(CCCc1ccccc1)C(=O)NCC1=CCNCC1. The highest BCUT2D eigenvalue weighted by Gasteiger charge is 2.26. The van der Waals surface area contributed by atoms with E-state index in [9.17, 15) is 4.79 Å². The van der Waals surface area contributed by atoms with Crippen LogP contribution in [0.25, 0.3) is 0 Å². The van der Waals surface area contributed by atoms with E-state index < -0.39 is 0 Å². The zero-order chi connectivity index (χ0) is 15.8. The van der Waals surface area contributed by atoms with Crippen LogP contribution in [0.3, 0.4) is 0 Å². The van der Waals surface area contributed by atoms with Crippen molar-refractivity contribution in [2.45, 2.75) is 39.5 Å². The summed E-state index contributed by atoms with van der Waals surface area (Å²) in [4.78, 5) is 12.4. The van der Waals surface area contributed by atoms with Gasteiger partial charge in [0.05, 0.1) is 0 Å². The van der Waals surface area contributed by atoms with Gasteiger partial charge in [-0.1, -0.05) is 55.8 Å². The lowest BCUT2D eigenvalue weighted by Gasteiger charge is -2.24. The molecule has 0 bridgehead atoms. The molecule has 3 nitrogen and oxygen atoms in total. The number of nitrogens with one attached hydrogen (secondary N) is 2. The predicted octanol–water partition coefficient (Wildman–Crippen LogP) is 3.07. The van der Waals surface area contributed by atoms with Crippen LogP contribution in [-0.4, -0.2) is 25.5 Å². The second-order valence-electron chi connectivity index (χ2n) is 6.72. The third kappa shape index (κ3) is 5.30. The van der Waals surface area contributed by atoms with Crippen molar-refractivity contribution in [3.63, 3.8) is 0 Å². The summed E-state index contributed by atoms with van der Waals surface area (Å²) in [5, 5.41) is 6.39. The Labute approximate surface area is 134 Å². The second-order valence-corrected chi connectivity index (χ2v) is 6.72. The highest BCUT2D eigenvalue weighted by molar-refractivity contribution is 5.81. The van der Waals surface area contributed by atoms with E-state index in [1.54, 1.807) is 0 Å². The molecule has 3 heteroatoms. The number of rotatable bonds is 7. The number of hydrogen-bond acceptors (Lipinski definition) is 2. The van der Waals surface area contributed by atoms with Crippen molar-refractivity contribution < 1.29 is 4.79 Å². The molecule has 1 amide bonds. The fourth-order valence-electron chi connectivity index (χ4n) is 2.76. The van der Waals surface area contributed by atoms with Gasteiger partial charge < -0.3 is 10.6 Å². The van der Waals surface area contributed by atoms with Crippen molar-refractivity contribution >= 4 is 5.91 Å². The maximum Gasteiger partial charge on any atom is 0.225 e. The Kier molecular flexibility index (Phi) is 6.20. The van der Waals surface area contributed by atoms with Gasteiger partial charge in [0.1, 0.15) is 0 Å². The van der Waals surface area contributed by atoms with E-state index in [2.05, 4.69) is 41.0 Å². The molecule has 2 N–H and O–H groups in total. The molecule has 0 aromatic heterocycles. The van der Waals surface area contributed by atoms with Crippen LogP contribution in [0.5, 0.6) is 0 Å². The Morgan fingerprint density at radius 2 is 2.05 bits per heavy atom. The quantitative estimate of drug-likeness (QED) is 0.760. The van der Waals surface area contributed by atoms with Crippen LogP contribution in [0.2, 0.25) is 0 Å². The minimum Gasteiger partial charge on any atom is -0.352 e. The molecule has 1 aliphatic rings. The van der Waals surface area contributed by atoms with Gasteiger partial charge in [-0.05, 0) is 37.8 Å². The van der Waals surface area contributed by atoms with E-state index in [4.69, 9.17) is 0 Å². The summed E-state index contributed by atoms with van der Waals surface area (Å²) in [7, 11) is 0. The molecule has 2 rings (SSSR count). The molecule has 0 aliphatic carbocycles. The first-order valence-electron chi connectivity index (χ1n) is 8.29. The molecule has 0 spiro atoms. The monoisotopic (exact) mass is 300 g/mol. The minimum atomic E-state index is -0.303. The number of aryl methyl sites for hydroxylation is 1. The fourth-order valence-corrected chi connectivity index (χ4v) is 2.76. The van der Waals surface area contributed by atoms with Gasteiger partial charge in [0.25, 0.3) is 0 Å². The second kappa shape index (κ2) is 8.14. The molecule has 1 aliphatic heterocycles. The Bertz CT molecular complexity index is 505. The van der Waals surface area contributed by atoms with Crippen LogP contribution < -0.4 is 10.6 Å². The standard InChI is InChI=1S/C19H28N2O/c1-19(2,12-6-9-16-7-4-3-5-8-16)18(22)21-15-17-10-13-20-14-11-17/h3-5,7-8,10,20H,6,9,11-15H2,1-2H3,(H,21,22). The normalized spacial score (nSPS) is 15.3. The lowest BCUT2D eigenvalue weighted by atomic mass is 9.85. The van der Waals surface area contributed by atoms with Gasteiger partial charge in [-0.25, -0.2) is 0 Å². The zero-order valence-electron chi connectivity index (χ0n) is 13.8. The van der Waals surface area contributed by atoms with Crippen LogP contribution in [0, 0.1) is 5.41 Å². The number of hydrogen-bond donors (Lipinski definition) is 2. The Morgan fingerprint density at radius 1 is 1.27 bits per heavy atom. The molecule has 1 aromatic carbocycles. The van der Waals surface area contributed by atoms with Gasteiger partial charge in [-0.15, -0.1) is 0 Å². The maximum absolute atomic E-state index is 12.4. The summed E-state index contributed by atoms with van der Waals surface area (Å²) in [6, 6.07) is 10.5. The van der Waals surface area contributed by atoms with Crippen LogP contribution in [-0.2, 0) is 11.2 Å². The molecule has 1 aromatic rings. The average molecular weight is 300 g/mol. The molecule has 0 saturated heterocycles. The largest absolute Gasteiger partial charge is 0.352 e. The van der Waals surface area contributed by atoms with E-state index in [0.29, 0.717) is 6.54 Å². The molecule has 0 fully saturated rings. The topological polar surface area (TPSA) is 41.1 Å². The number of carbonyl (C=O) groups is 1. The number of amides is 1. The van der Waals surface area contributed by atoms with Gasteiger partial charge in [0.15, 0.2) is 0 Å². The molecule has 0 atom stereocenters. The van der Waals surface area contributed by atoms with Crippen molar-refractivity contribution in [1.29, 1.82) is 0 Å². The Morgan fingerprint density at radius 3 is 2.73 bits per heavy atom. The predicted molar refractivity (Wildman–Crippen MR) is 91.7 cm³/mol. The molecule has 0 saturated carbocycles. The Balaban J connectivity index is 1.73. The third-order valence-electron chi connectivity index (χ3n) is 4.36. The first kappa shape index (κ1) is 16.8. The highest BCUT2D eigenvalue weighted by Crippen LogP contribution is 2.24. The van der Waals surface area contributed by atoms with Crippen LogP contribution in [0.1, 0.15) is 38.7 Å². The van der Waals surface area contributed by atoms with Gasteiger partial charge in [-0.2, -0.15) is 0 Å². The summed E-state index contributed by atoms with van der Waals surface area (Å²) in [6.45, 7) is 6.73. The summed E-state index contributed by atoms with van der Waals surface area (Å²) in [5.41, 5.74) is 2.38. The zero-order valence-corrected chi connectivity index (χ0v) is 13.8. The lowest BCUT2D eigenvalue weighted by Crippen LogP contribution is -2.38. The maximum atomic E-state index is 12.4. The van der Waals surface area contributed by atoms with Crippen molar-refractivity contribution in [3.05, 3.63) is 47.5 Å². The summed E-state index contributed by atoms with van der Waals surface area (Å²) < 4.78 is 0. The molecule has 0 unspecified atom stereocenters. The average Bonchev–Trinajstić information content (AvgIpc) is 2.54. The van der Waals surface area contributed by atoms with Gasteiger partial charge in [0, 0.05) is 18.5 Å². The first-order valence-corrected chi connectivity index (χ1v) is 8.29. The van der Waals surface area contributed by atoms with E-state index >= 15 is 0 Å². The van der Waals surface area contributed by atoms with E-state index in [1.165, 1.54) is 11.1 Å². The fraction of sp³-hybridized carbons (Fsp3) is 0.526. The molecular formula is C19H28N2O.